The topological polar surface area (TPSA) is 77.2 Å². The zero-order valence-corrected chi connectivity index (χ0v) is 10.8. The van der Waals surface area contributed by atoms with Crippen molar-refractivity contribution in [3.8, 4) is 0 Å². The first-order chi connectivity index (χ1) is 8.77. The number of rotatable bonds is 8. The fraction of sp³-hybridized carbons (Fsp3) is 0.538. The van der Waals surface area contributed by atoms with Crippen molar-refractivity contribution < 1.29 is 9.53 Å². The molecular weight excluding hydrogens is 230 g/mol. The second kappa shape index (κ2) is 8.60. The summed E-state index contributed by atoms with van der Waals surface area (Å²) in [7, 11) is 0. The Morgan fingerprint density at radius 3 is 3.06 bits per heavy atom. The SMILES string of the molecule is CCCOCCCNC(=O)c1ccnc(CN)c1. The van der Waals surface area contributed by atoms with Gasteiger partial charge in [-0.3, -0.25) is 9.78 Å². The highest BCUT2D eigenvalue weighted by Crippen LogP contribution is 2.01. The van der Waals surface area contributed by atoms with Crippen LogP contribution in [0.15, 0.2) is 18.3 Å². The Morgan fingerprint density at radius 1 is 1.50 bits per heavy atom. The first-order valence-corrected chi connectivity index (χ1v) is 6.29. The molecule has 0 aliphatic rings. The van der Waals surface area contributed by atoms with Gasteiger partial charge in [0.25, 0.3) is 5.91 Å². The molecular formula is C13H21N3O2. The number of carbonyl (C=O) groups is 1. The fourth-order valence-electron chi connectivity index (χ4n) is 1.46. The highest BCUT2D eigenvalue weighted by Gasteiger charge is 2.05. The molecule has 0 aliphatic heterocycles. The summed E-state index contributed by atoms with van der Waals surface area (Å²) in [5.41, 5.74) is 6.79. The zero-order chi connectivity index (χ0) is 13.2. The van der Waals surface area contributed by atoms with Gasteiger partial charge in [0.1, 0.15) is 0 Å². The summed E-state index contributed by atoms with van der Waals surface area (Å²) < 4.78 is 5.33. The Labute approximate surface area is 108 Å². The molecule has 1 aromatic heterocycles. The van der Waals surface area contributed by atoms with Crippen molar-refractivity contribution in [3.63, 3.8) is 0 Å². The number of amides is 1. The molecule has 0 unspecified atom stereocenters. The van der Waals surface area contributed by atoms with Crippen LogP contribution in [0.3, 0.4) is 0 Å². The molecule has 0 spiro atoms. The summed E-state index contributed by atoms with van der Waals surface area (Å²) in [5, 5.41) is 2.84. The van der Waals surface area contributed by atoms with Crippen LogP contribution >= 0.6 is 0 Å². The normalized spacial score (nSPS) is 10.3. The van der Waals surface area contributed by atoms with Crippen LogP contribution in [0.5, 0.6) is 0 Å². The number of hydrogen-bond acceptors (Lipinski definition) is 4. The molecule has 5 heteroatoms. The smallest absolute Gasteiger partial charge is 0.251 e. The van der Waals surface area contributed by atoms with Crippen molar-refractivity contribution in [2.45, 2.75) is 26.3 Å². The minimum absolute atomic E-state index is 0.0948. The lowest BCUT2D eigenvalue weighted by atomic mass is 10.2. The third kappa shape index (κ3) is 5.25. The minimum atomic E-state index is -0.0948. The maximum Gasteiger partial charge on any atom is 0.251 e. The molecule has 0 bridgehead atoms. The molecule has 0 saturated carbocycles. The highest BCUT2D eigenvalue weighted by molar-refractivity contribution is 5.94. The van der Waals surface area contributed by atoms with E-state index in [1.54, 1.807) is 18.3 Å². The molecule has 0 radical (unpaired) electrons. The number of ether oxygens (including phenoxy) is 1. The van der Waals surface area contributed by atoms with Crippen LogP contribution in [0, 0.1) is 0 Å². The van der Waals surface area contributed by atoms with E-state index >= 15 is 0 Å². The van der Waals surface area contributed by atoms with Crippen LogP contribution in [0.1, 0.15) is 35.8 Å². The lowest BCUT2D eigenvalue weighted by Gasteiger charge is -2.06. The Balaban J connectivity index is 2.27. The third-order valence-electron chi connectivity index (χ3n) is 2.39. The number of nitrogens with zero attached hydrogens (tertiary/aromatic N) is 1. The quantitative estimate of drug-likeness (QED) is 0.678. The Hall–Kier alpha value is -1.46. The highest BCUT2D eigenvalue weighted by atomic mass is 16.5. The molecule has 1 rings (SSSR count). The predicted octanol–water partition coefficient (Wildman–Crippen LogP) is 1.09. The molecule has 0 aliphatic carbocycles. The molecule has 0 fully saturated rings. The summed E-state index contributed by atoms with van der Waals surface area (Å²) >= 11 is 0. The van der Waals surface area contributed by atoms with Crippen LogP contribution in [0.2, 0.25) is 0 Å². The van der Waals surface area contributed by atoms with E-state index in [4.69, 9.17) is 10.5 Å². The number of pyridine rings is 1. The molecule has 18 heavy (non-hydrogen) atoms. The number of hydrogen-bond donors (Lipinski definition) is 2. The summed E-state index contributed by atoms with van der Waals surface area (Å²) in [6.07, 6.45) is 3.44. The number of aromatic nitrogens is 1. The largest absolute Gasteiger partial charge is 0.381 e. The molecule has 3 N–H and O–H groups in total. The molecule has 100 valence electrons. The van der Waals surface area contributed by atoms with Gasteiger partial charge in [0.05, 0.1) is 5.69 Å². The number of nitrogens with two attached hydrogens (primary N) is 1. The predicted molar refractivity (Wildman–Crippen MR) is 70.2 cm³/mol. The molecule has 1 aromatic rings. The van der Waals surface area contributed by atoms with Gasteiger partial charge >= 0.3 is 0 Å². The number of nitrogens with one attached hydrogen (secondary N) is 1. The van der Waals surface area contributed by atoms with Crippen molar-refractivity contribution in [1.29, 1.82) is 0 Å². The second-order valence-corrected chi connectivity index (χ2v) is 3.96. The minimum Gasteiger partial charge on any atom is -0.381 e. The first kappa shape index (κ1) is 14.6. The maximum atomic E-state index is 11.8. The fourth-order valence-corrected chi connectivity index (χ4v) is 1.46. The van der Waals surface area contributed by atoms with Crippen molar-refractivity contribution >= 4 is 5.91 Å². The summed E-state index contributed by atoms with van der Waals surface area (Å²) in [5.74, 6) is -0.0948. The lowest BCUT2D eigenvalue weighted by Crippen LogP contribution is -2.25. The van der Waals surface area contributed by atoms with Gasteiger partial charge in [-0.25, -0.2) is 0 Å². The lowest BCUT2D eigenvalue weighted by molar-refractivity contribution is 0.0941. The average molecular weight is 251 g/mol. The van der Waals surface area contributed by atoms with E-state index in [-0.39, 0.29) is 5.91 Å². The van der Waals surface area contributed by atoms with Crippen LogP contribution in [-0.2, 0) is 11.3 Å². The van der Waals surface area contributed by atoms with Crippen LogP contribution < -0.4 is 11.1 Å². The van der Waals surface area contributed by atoms with Gasteiger partial charge in [-0.15, -0.1) is 0 Å². The third-order valence-corrected chi connectivity index (χ3v) is 2.39. The van der Waals surface area contributed by atoms with E-state index in [2.05, 4.69) is 17.2 Å². The Bertz CT molecular complexity index is 369. The number of carbonyl (C=O) groups excluding carboxylic acids is 1. The van der Waals surface area contributed by atoms with Gasteiger partial charge in [0, 0.05) is 38.1 Å². The van der Waals surface area contributed by atoms with Crippen LogP contribution in [0.4, 0.5) is 0 Å². The maximum absolute atomic E-state index is 11.8. The van der Waals surface area contributed by atoms with Crippen LogP contribution in [-0.4, -0.2) is 30.6 Å². The molecule has 0 saturated heterocycles. The van der Waals surface area contributed by atoms with Gasteiger partial charge in [-0.1, -0.05) is 6.92 Å². The molecule has 0 aromatic carbocycles. The zero-order valence-electron chi connectivity index (χ0n) is 10.8. The van der Waals surface area contributed by atoms with E-state index in [1.165, 1.54) is 0 Å². The first-order valence-electron chi connectivity index (χ1n) is 6.29. The van der Waals surface area contributed by atoms with Gasteiger partial charge in [-0.2, -0.15) is 0 Å². The van der Waals surface area contributed by atoms with Gasteiger partial charge < -0.3 is 15.8 Å². The van der Waals surface area contributed by atoms with Crippen molar-refractivity contribution in [1.82, 2.24) is 10.3 Å². The summed E-state index contributed by atoms with van der Waals surface area (Å²) in [4.78, 5) is 15.8. The average Bonchev–Trinajstić information content (AvgIpc) is 2.42. The van der Waals surface area contributed by atoms with E-state index in [9.17, 15) is 4.79 Å². The van der Waals surface area contributed by atoms with Gasteiger partial charge in [0.2, 0.25) is 0 Å². The van der Waals surface area contributed by atoms with Crippen molar-refractivity contribution in [3.05, 3.63) is 29.6 Å². The van der Waals surface area contributed by atoms with Crippen molar-refractivity contribution in [2.24, 2.45) is 5.73 Å². The van der Waals surface area contributed by atoms with E-state index in [1.807, 2.05) is 0 Å². The standard InChI is InChI=1S/C13H21N3O2/c1-2-7-18-8-3-5-16-13(17)11-4-6-15-12(9-11)10-14/h4,6,9H,2-3,5,7-8,10,14H2,1H3,(H,16,17). The summed E-state index contributed by atoms with van der Waals surface area (Å²) in [6.45, 7) is 4.48. The van der Waals surface area contributed by atoms with Crippen LogP contribution in [0.25, 0.3) is 0 Å². The monoisotopic (exact) mass is 251 g/mol. The Kier molecular flexibility index (Phi) is 6.98. The summed E-state index contributed by atoms with van der Waals surface area (Å²) in [6, 6.07) is 3.39. The molecule has 1 amide bonds. The van der Waals surface area contributed by atoms with E-state index in [0.29, 0.717) is 31.0 Å². The van der Waals surface area contributed by atoms with E-state index < -0.39 is 0 Å². The van der Waals surface area contributed by atoms with Crippen molar-refractivity contribution in [2.75, 3.05) is 19.8 Å². The van der Waals surface area contributed by atoms with Gasteiger partial charge in [-0.05, 0) is 25.0 Å². The molecule has 1 heterocycles. The Morgan fingerprint density at radius 2 is 2.33 bits per heavy atom. The molecule has 5 nitrogen and oxygen atoms in total. The van der Waals surface area contributed by atoms with Gasteiger partial charge in [0.15, 0.2) is 0 Å². The second-order valence-electron chi connectivity index (χ2n) is 3.96. The molecule has 0 atom stereocenters. The van der Waals surface area contributed by atoms with E-state index in [0.717, 1.165) is 19.4 Å².